The van der Waals surface area contributed by atoms with Gasteiger partial charge in [0.25, 0.3) is 5.91 Å². The molecular weight excluding hydrogens is 322 g/mol. The summed E-state index contributed by atoms with van der Waals surface area (Å²) in [7, 11) is 0. The van der Waals surface area contributed by atoms with Gasteiger partial charge in [-0.2, -0.15) is 0 Å². The number of hydrogen-bond donors (Lipinski definition) is 1. The van der Waals surface area contributed by atoms with E-state index in [0.717, 1.165) is 24.8 Å². The van der Waals surface area contributed by atoms with E-state index in [1.165, 1.54) is 11.8 Å². The summed E-state index contributed by atoms with van der Waals surface area (Å²) in [5.41, 5.74) is 1.16. The van der Waals surface area contributed by atoms with Gasteiger partial charge in [0.15, 0.2) is 5.69 Å². The Bertz CT molecular complexity index is 751. The first-order chi connectivity index (χ1) is 12.0. The summed E-state index contributed by atoms with van der Waals surface area (Å²) in [6, 6.07) is 7.92. The number of aryl methyl sites for hydroxylation is 1. The Morgan fingerprint density at radius 1 is 1.08 bits per heavy atom. The van der Waals surface area contributed by atoms with Crippen LogP contribution in [0.5, 0.6) is 5.75 Å². The number of aromatic carboxylic acids is 1. The molecule has 1 N–H and O–H groups in total. The average molecular weight is 341 g/mol. The molecule has 130 valence electrons. The zero-order valence-corrected chi connectivity index (χ0v) is 13.9. The summed E-state index contributed by atoms with van der Waals surface area (Å²) in [6.45, 7) is 3.16. The number of carboxylic acid groups (broad SMARTS) is 1. The van der Waals surface area contributed by atoms with E-state index in [1.54, 1.807) is 4.90 Å². The van der Waals surface area contributed by atoms with E-state index >= 15 is 0 Å². The highest BCUT2D eigenvalue weighted by atomic mass is 16.5. The second-order valence-electron chi connectivity index (χ2n) is 6.01. The summed E-state index contributed by atoms with van der Waals surface area (Å²) in [5, 5.41) is 8.82. The van der Waals surface area contributed by atoms with Crippen LogP contribution in [0.15, 0.2) is 36.7 Å². The van der Waals surface area contributed by atoms with Crippen molar-refractivity contribution in [2.24, 2.45) is 0 Å². The van der Waals surface area contributed by atoms with Crippen LogP contribution in [0.1, 0.15) is 39.4 Å². The number of carbonyl (C=O) groups is 2. The van der Waals surface area contributed by atoms with E-state index in [0.29, 0.717) is 13.1 Å². The molecule has 7 heteroatoms. The zero-order chi connectivity index (χ0) is 17.8. The van der Waals surface area contributed by atoms with Crippen LogP contribution in [0, 0.1) is 6.92 Å². The average Bonchev–Trinajstić information content (AvgIpc) is 2.64. The lowest BCUT2D eigenvalue weighted by Crippen LogP contribution is -2.42. The largest absolute Gasteiger partial charge is 0.490 e. The lowest BCUT2D eigenvalue weighted by molar-refractivity contribution is 0.0587. The number of likely N-dealkylation sites (tertiary alicyclic amines) is 1. The molecule has 0 aliphatic carbocycles. The van der Waals surface area contributed by atoms with Crippen LogP contribution in [-0.2, 0) is 0 Å². The third kappa shape index (κ3) is 4.12. The van der Waals surface area contributed by atoms with Gasteiger partial charge in [0.1, 0.15) is 17.5 Å². The van der Waals surface area contributed by atoms with Gasteiger partial charge in [0.2, 0.25) is 0 Å². The normalized spacial score (nSPS) is 15.0. The minimum atomic E-state index is -1.17. The van der Waals surface area contributed by atoms with Crippen molar-refractivity contribution in [3.8, 4) is 5.75 Å². The van der Waals surface area contributed by atoms with Crippen molar-refractivity contribution >= 4 is 11.9 Å². The summed E-state index contributed by atoms with van der Waals surface area (Å²) in [6.07, 6.45) is 3.86. The van der Waals surface area contributed by atoms with Crippen LogP contribution >= 0.6 is 0 Å². The smallest absolute Gasteiger partial charge is 0.356 e. The number of carbonyl (C=O) groups excluding carboxylic acids is 1. The van der Waals surface area contributed by atoms with Crippen molar-refractivity contribution in [2.45, 2.75) is 25.9 Å². The van der Waals surface area contributed by atoms with Crippen LogP contribution in [0.3, 0.4) is 0 Å². The fourth-order valence-corrected chi connectivity index (χ4v) is 2.70. The Morgan fingerprint density at radius 3 is 2.24 bits per heavy atom. The monoisotopic (exact) mass is 341 g/mol. The molecule has 0 saturated carbocycles. The molecule has 0 unspecified atom stereocenters. The van der Waals surface area contributed by atoms with Gasteiger partial charge in [-0.25, -0.2) is 14.8 Å². The highest BCUT2D eigenvalue weighted by molar-refractivity contribution is 5.92. The van der Waals surface area contributed by atoms with Crippen molar-refractivity contribution in [2.75, 3.05) is 13.1 Å². The van der Waals surface area contributed by atoms with Gasteiger partial charge in [-0.15, -0.1) is 0 Å². The molecule has 1 aromatic carbocycles. The highest BCUT2D eigenvalue weighted by Crippen LogP contribution is 2.20. The van der Waals surface area contributed by atoms with Gasteiger partial charge < -0.3 is 14.7 Å². The second-order valence-corrected chi connectivity index (χ2v) is 6.01. The fourth-order valence-electron chi connectivity index (χ4n) is 2.70. The van der Waals surface area contributed by atoms with Crippen LogP contribution < -0.4 is 4.74 Å². The van der Waals surface area contributed by atoms with Crippen molar-refractivity contribution in [1.29, 1.82) is 0 Å². The Labute approximate surface area is 145 Å². The number of hydrogen-bond acceptors (Lipinski definition) is 5. The molecule has 1 aliphatic heterocycles. The Kier molecular flexibility index (Phi) is 4.92. The van der Waals surface area contributed by atoms with E-state index in [2.05, 4.69) is 9.97 Å². The molecule has 1 aliphatic rings. The predicted octanol–water partition coefficient (Wildman–Crippen LogP) is 2.17. The summed E-state index contributed by atoms with van der Waals surface area (Å²) >= 11 is 0. The first kappa shape index (κ1) is 16.9. The quantitative estimate of drug-likeness (QED) is 0.916. The van der Waals surface area contributed by atoms with Crippen LogP contribution in [0.2, 0.25) is 0 Å². The van der Waals surface area contributed by atoms with E-state index < -0.39 is 5.97 Å². The van der Waals surface area contributed by atoms with Crippen LogP contribution in [-0.4, -0.2) is 51.0 Å². The first-order valence-electron chi connectivity index (χ1n) is 8.11. The number of carboxylic acids is 1. The molecule has 0 spiro atoms. The number of rotatable bonds is 4. The molecule has 2 heterocycles. The van der Waals surface area contributed by atoms with Gasteiger partial charge in [-0.3, -0.25) is 4.79 Å². The van der Waals surface area contributed by atoms with Crippen molar-refractivity contribution in [3.63, 3.8) is 0 Å². The van der Waals surface area contributed by atoms with Crippen LogP contribution in [0.4, 0.5) is 0 Å². The minimum absolute atomic E-state index is 0.0761. The molecule has 1 amide bonds. The molecule has 0 atom stereocenters. The highest BCUT2D eigenvalue weighted by Gasteiger charge is 2.25. The van der Waals surface area contributed by atoms with Gasteiger partial charge in [-0.05, 0) is 19.1 Å². The summed E-state index contributed by atoms with van der Waals surface area (Å²) in [5.74, 6) is -0.565. The van der Waals surface area contributed by atoms with Crippen LogP contribution in [0.25, 0.3) is 0 Å². The fraction of sp³-hybridized carbons (Fsp3) is 0.333. The van der Waals surface area contributed by atoms with E-state index in [4.69, 9.17) is 9.84 Å². The Hall–Kier alpha value is -2.96. The Morgan fingerprint density at radius 2 is 1.68 bits per heavy atom. The standard InChI is InChI=1S/C18H19N3O4/c1-12-2-4-13(5-3-12)25-14-6-8-21(9-7-14)17(22)15-10-20-16(11-19-15)18(23)24/h2-5,10-11,14H,6-9H2,1H3,(H,23,24). The molecule has 1 aromatic heterocycles. The number of benzene rings is 1. The summed E-state index contributed by atoms with van der Waals surface area (Å²) in [4.78, 5) is 32.5. The molecule has 2 aromatic rings. The molecule has 1 fully saturated rings. The topological polar surface area (TPSA) is 92.6 Å². The van der Waals surface area contributed by atoms with E-state index in [9.17, 15) is 9.59 Å². The molecule has 25 heavy (non-hydrogen) atoms. The molecule has 1 saturated heterocycles. The predicted molar refractivity (Wildman–Crippen MR) is 89.7 cm³/mol. The van der Waals surface area contributed by atoms with Gasteiger partial charge in [-0.1, -0.05) is 17.7 Å². The molecule has 0 bridgehead atoms. The minimum Gasteiger partial charge on any atom is -0.490 e. The van der Waals surface area contributed by atoms with E-state index in [1.807, 2.05) is 31.2 Å². The number of amides is 1. The molecule has 0 radical (unpaired) electrons. The van der Waals surface area contributed by atoms with E-state index in [-0.39, 0.29) is 23.4 Å². The maximum absolute atomic E-state index is 12.4. The van der Waals surface area contributed by atoms with Crippen molar-refractivity contribution < 1.29 is 19.4 Å². The lowest BCUT2D eigenvalue weighted by Gasteiger charge is -2.32. The van der Waals surface area contributed by atoms with Crippen molar-refractivity contribution in [3.05, 3.63) is 53.6 Å². The first-order valence-corrected chi connectivity index (χ1v) is 8.11. The SMILES string of the molecule is Cc1ccc(OC2CCN(C(=O)c3cnc(C(=O)O)cn3)CC2)cc1. The number of aromatic nitrogens is 2. The van der Waals surface area contributed by atoms with Gasteiger partial charge >= 0.3 is 5.97 Å². The van der Waals surface area contributed by atoms with Gasteiger partial charge in [0.05, 0.1) is 12.4 Å². The third-order valence-electron chi connectivity index (χ3n) is 4.14. The lowest BCUT2D eigenvalue weighted by atomic mass is 10.1. The number of ether oxygens (including phenoxy) is 1. The van der Waals surface area contributed by atoms with Crippen molar-refractivity contribution in [1.82, 2.24) is 14.9 Å². The second kappa shape index (κ2) is 7.29. The van der Waals surface area contributed by atoms with Gasteiger partial charge in [0, 0.05) is 25.9 Å². The number of piperidine rings is 1. The summed E-state index contributed by atoms with van der Waals surface area (Å²) < 4.78 is 5.95. The molecular formula is C18H19N3O4. The molecule has 7 nitrogen and oxygen atoms in total. The zero-order valence-electron chi connectivity index (χ0n) is 13.9. The third-order valence-corrected chi connectivity index (χ3v) is 4.14. The maximum Gasteiger partial charge on any atom is 0.356 e. The maximum atomic E-state index is 12.4. The number of nitrogens with zero attached hydrogens (tertiary/aromatic N) is 3. The molecule has 3 rings (SSSR count). The Balaban J connectivity index is 1.55.